The lowest BCUT2D eigenvalue weighted by molar-refractivity contribution is -0.00938. The molecule has 6 aromatic carbocycles. The van der Waals surface area contributed by atoms with E-state index in [4.69, 9.17) is 19.7 Å². The lowest BCUT2D eigenvalue weighted by atomic mass is 9.49. The monoisotopic (exact) mass is 843 g/mol. The van der Waals surface area contributed by atoms with Gasteiger partial charge in [0.25, 0.3) is 0 Å². The van der Waals surface area contributed by atoms with Crippen molar-refractivity contribution in [1.82, 2.24) is 15.0 Å². The summed E-state index contributed by atoms with van der Waals surface area (Å²) in [5, 5.41) is 0. The second kappa shape index (κ2) is 12.5. The van der Waals surface area contributed by atoms with Crippen LogP contribution in [0.1, 0.15) is 111 Å². The van der Waals surface area contributed by atoms with E-state index in [9.17, 15) is 0 Å². The molecule has 8 saturated carbocycles. The van der Waals surface area contributed by atoms with Crippen LogP contribution in [0, 0.1) is 40.9 Å². The molecule has 0 N–H and O–H groups in total. The summed E-state index contributed by atoms with van der Waals surface area (Å²) in [7, 11) is 0. The molecule has 318 valence electrons. The summed E-state index contributed by atoms with van der Waals surface area (Å²) in [6.07, 6.45) is 16.6. The van der Waals surface area contributed by atoms with E-state index in [-0.39, 0.29) is 5.41 Å². The maximum absolute atomic E-state index is 6.99. The van der Waals surface area contributed by atoms with Crippen molar-refractivity contribution in [1.29, 1.82) is 0 Å². The van der Waals surface area contributed by atoms with Crippen molar-refractivity contribution in [2.24, 2.45) is 40.9 Å². The Morgan fingerprint density at radius 2 is 1.02 bits per heavy atom. The van der Waals surface area contributed by atoms with Gasteiger partial charge in [0.15, 0.2) is 11.6 Å². The van der Waals surface area contributed by atoms with Gasteiger partial charge in [0.2, 0.25) is 0 Å². The summed E-state index contributed by atoms with van der Waals surface area (Å²) in [5.41, 5.74) is 14.1. The second-order valence-electron chi connectivity index (χ2n) is 22.8. The van der Waals surface area contributed by atoms with Crippen LogP contribution >= 0.6 is 0 Å². The molecule has 8 fully saturated rings. The van der Waals surface area contributed by atoms with E-state index in [0.29, 0.717) is 10.8 Å². The van der Waals surface area contributed by atoms with Gasteiger partial charge in [-0.3, -0.25) is 0 Å². The zero-order chi connectivity index (χ0) is 42.3. The molecule has 65 heavy (non-hydrogen) atoms. The molecule has 10 aliphatic rings. The van der Waals surface area contributed by atoms with Crippen molar-refractivity contribution in [2.75, 3.05) is 0 Å². The first-order valence-corrected chi connectivity index (χ1v) is 25.1. The maximum atomic E-state index is 6.99. The second-order valence-corrected chi connectivity index (χ2v) is 22.8. The standard InChI is InChI=1S/C61H53N3O/c1-2-12-48(45(9-1)41-19-22-52-54(27-41)65-53-16-8-7-15-51(53)61(52)49-13-5-3-10-46(49)47-11-4-6-14-50(47)61)56-62-55(63-57(64-56)58-29-36-23-37(30-58)25-38(24-36)31-58)40-17-20-42(21-18-40)59-32-39-26-43-28-44(34-59)60(43,33-39)35-59/h1-22,27,36-39,43-44H,23-26,28-35H2/t36-,37+,38?,39-,43-,44?,58?,59?,60+/m1/s1. The van der Waals surface area contributed by atoms with Crippen LogP contribution in [-0.2, 0) is 16.2 Å². The number of hydrogen-bond acceptors (Lipinski definition) is 4. The van der Waals surface area contributed by atoms with E-state index < -0.39 is 5.41 Å². The highest BCUT2D eigenvalue weighted by Gasteiger charge is 2.71. The number of aromatic nitrogens is 3. The SMILES string of the molecule is c1ccc2c(c1)Oc1cc(-c3ccccc3-c3nc(-c4ccc(C56CC7C[C@H]8C[C@H](C5)C[C@@]78C6)cc4)nc(C45CC6C[C@H](C4)C[C@@H](C6)C5)n3)ccc1C21c2ccccc2-c2ccccc21. The average Bonchev–Trinajstić information content (AvgIpc) is 3.82. The van der Waals surface area contributed by atoms with E-state index in [1.165, 1.54) is 110 Å². The highest BCUT2D eigenvalue weighted by molar-refractivity contribution is 5.90. The fraction of sp³-hybridized carbons (Fsp3) is 0.361. The van der Waals surface area contributed by atoms with Crippen LogP contribution in [0.4, 0.5) is 0 Å². The molecule has 1 aliphatic heterocycles. The topological polar surface area (TPSA) is 47.9 Å². The number of rotatable bonds is 5. The Morgan fingerprint density at radius 3 is 1.75 bits per heavy atom. The van der Waals surface area contributed by atoms with Gasteiger partial charge >= 0.3 is 0 Å². The van der Waals surface area contributed by atoms with E-state index >= 15 is 0 Å². The summed E-state index contributed by atoms with van der Waals surface area (Å²) < 4.78 is 6.99. The molecule has 7 bridgehead atoms. The molecule has 2 unspecified atom stereocenters. The number of ether oxygens (including phenoxy) is 1. The number of para-hydroxylation sites is 1. The molecule has 0 amide bonds. The Labute approximate surface area is 382 Å². The molecule has 0 radical (unpaired) electrons. The Bertz CT molecular complexity index is 3100. The minimum absolute atomic E-state index is 0.0324. The van der Waals surface area contributed by atoms with E-state index in [1.807, 2.05) is 0 Å². The van der Waals surface area contributed by atoms with Gasteiger partial charge in [-0.1, -0.05) is 127 Å². The zero-order valence-electron chi connectivity index (χ0n) is 37.0. The van der Waals surface area contributed by atoms with Crippen LogP contribution in [0.25, 0.3) is 45.0 Å². The molecule has 7 aromatic rings. The first-order valence-electron chi connectivity index (χ1n) is 25.1. The Kier molecular flexibility index (Phi) is 7.00. The van der Waals surface area contributed by atoms with E-state index in [2.05, 4.69) is 140 Å². The van der Waals surface area contributed by atoms with E-state index in [0.717, 1.165) is 86.7 Å². The highest BCUT2D eigenvalue weighted by Crippen LogP contribution is 2.79. The van der Waals surface area contributed by atoms with Gasteiger partial charge in [0, 0.05) is 27.7 Å². The third-order valence-electron chi connectivity index (χ3n) is 19.7. The maximum Gasteiger partial charge on any atom is 0.164 e. The normalized spacial score (nSPS) is 32.6. The molecule has 4 nitrogen and oxygen atoms in total. The zero-order valence-corrected chi connectivity index (χ0v) is 37.0. The molecule has 5 atom stereocenters. The molecule has 2 heterocycles. The van der Waals surface area contributed by atoms with Crippen molar-refractivity contribution < 1.29 is 4.74 Å². The first kappa shape index (κ1) is 36.4. The van der Waals surface area contributed by atoms with E-state index in [1.54, 1.807) is 5.56 Å². The van der Waals surface area contributed by atoms with Gasteiger partial charge < -0.3 is 4.74 Å². The molecule has 17 rings (SSSR count). The summed E-state index contributed by atoms with van der Waals surface area (Å²) in [6, 6.07) is 52.0. The lowest BCUT2D eigenvalue weighted by Gasteiger charge is -2.56. The van der Waals surface area contributed by atoms with Gasteiger partial charge in [-0.25, -0.2) is 15.0 Å². The van der Waals surface area contributed by atoms with Gasteiger partial charge in [0.1, 0.15) is 17.3 Å². The molecule has 2 spiro atoms. The fourth-order valence-electron chi connectivity index (χ4n) is 17.9. The minimum atomic E-state index is -0.490. The number of fused-ring (bicyclic) bond motifs is 11. The van der Waals surface area contributed by atoms with Crippen molar-refractivity contribution in [3.05, 3.63) is 173 Å². The number of hydrogen-bond donors (Lipinski definition) is 0. The minimum Gasteiger partial charge on any atom is -0.457 e. The predicted molar refractivity (Wildman–Crippen MR) is 256 cm³/mol. The van der Waals surface area contributed by atoms with Gasteiger partial charge in [-0.05, 0) is 174 Å². The van der Waals surface area contributed by atoms with Gasteiger partial charge in [-0.15, -0.1) is 0 Å². The Hall–Kier alpha value is -5.87. The summed E-state index contributed by atoms with van der Waals surface area (Å²) in [6.45, 7) is 0. The van der Waals surface area contributed by atoms with Crippen LogP contribution in [-0.4, -0.2) is 15.0 Å². The van der Waals surface area contributed by atoms with Crippen LogP contribution < -0.4 is 4.74 Å². The number of benzene rings is 6. The third kappa shape index (κ3) is 4.71. The predicted octanol–water partition coefficient (Wildman–Crippen LogP) is 14.3. The Morgan fingerprint density at radius 1 is 0.415 bits per heavy atom. The summed E-state index contributed by atoms with van der Waals surface area (Å²) in [5.74, 6) is 9.77. The molecule has 4 heteroatoms. The quantitative estimate of drug-likeness (QED) is 0.173. The van der Waals surface area contributed by atoms with Crippen molar-refractivity contribution >= 4 is 0 Å². The van der Waals surface area contributed by atoms with Gasteiger partial charge in [0.05, 0.1) is 5.41 Å². The van der Waals surface area contributed by atoms with Gasteiger partial charge in [-0.2, -0.15) is 0 Å². The number of nitrogens with zero attached hydrogens (tertiary/aromatic N) is 3. The average molecular weight is 844 g/mol. The molecular formula is C61H53N3O. The summed E-state index contributed by atoms with van der Waals surface area (Å²) >= 11 is 0. The lowest BCUT2D eigenvalue weighted by Crippen LogP contribution is -2.49. The van der Waals surface area contributed by atoms with Crippen molar-refractivity contribution in [3.63, 3.8) is 0 Å². The highest BCUT2D eigenvalue weighted by atomic mass is 16.5. The van der Waals surface area contributed by atoms with Crippen LogP contribution in [0.5, 0.6) is 11.5 Å². The third-order valence-corrected chi connectivity index (χ3v) is 19.7. The molecular weight excluding hydrogens is 791 g/mol. The van der Waals surface area contributed by atoms with Crippen LogP contribution in [0.15, 0.2) is 140 Å². The fourth-order valence-corrected chi connectivity index (χ4v) is 17.9. The summed E-state index contributed by atoms with van der Waals surface area (Å²) in [4.78, 5) is 16.7. The van der Waals surface area contributed by atoms with Crippen molar-refractivity contribution in [2.45, 2.75) is 93.3 Å². The Balaban J connectivity index is 0.836. The smallest absolute Gasteiger partial charge is 0.164 e. The van der Waals surface area contributed by atoms with Crippen LogP contribution in [0.2, 0.25) is 0 Å². The molecule has 0 saturated heterocycles. The molecule has 9 aliphatic carbocycles. The first-order chi connectivity index (χ1) is 32.0. The van der Waals surface area contributed by atoms with Crippen LogP contribution in [0.3, 0.4) is 0 Å². The van der Waals surface area contributed by atoms with Crippen molar-refractivity contribution in [3.8, 4) is 56.5 Å². The largest absolute Gasteiger partial charge is 0.457 e. The molecule has 1 aromatic heterocycles.